The van der Waals surface area contributed by atoms with Crippen molar-refractivity contribution in [3.63, 3.8) is 0 Å². The molecule has 1 aromatic heterocycles. The predicted molar refractivity (Wildman–Crippen MR) is 95.4 cm³/mol. The molecule has 1 saturated carbocycles. The molecule has 1 aliphatic carbocycles. The summed E-state index contributed by atoms with van der Waals surface area (Å²) < 4.78 is 7.45. The third kappa shape index (κ3) is 4.23. The van der Waals surface area contributed by atoms with Crippen LogP contribution in [0.4, 0.5) is 0 Å². The minimum Gasteiger partial charge on any atom is -0.481 e. The molecule has 1 N–H and O–H groups in total. The van der Waals surface area contributed by atoms with Crippen LogP contribution in [0.1, 0.15) is 63.1 Å². The molecule has 6 nitrogen and oxygen atoms in total. The lowest BCUT2D eigenvalue weighted by Crippen LogP contribution is -2.47. The van der Waals surface area contributed by atoms with E-state index in [0.29, 0.717) is 25.6 Å². The molecule has 25 heavy (non-hydrogen) atoms. The summed E-state index contributed by atoms with van der Waals surface area (Å²) in [7, 11) is 1.67. The number of rotatable bonds is 8. The van der Waals surface area contributed by atoms with E-state index in [1.54, 1.807) is 7.11 Å². The number of aromatic nitrogens is 2. The number of imidazole rings is 1. The monoisotopic (exact) mass is 349 g/mol. The van der Waals surface area contributed by atoms with Crippen molar-refractivity contribution in [1.82, 2.24) is 14.5 Å². The number of methoxy groups -OCH3 is 1. The zero-order valence-electron chi connectivity index (χ0n) is 15.3. The fourth-order valence-corrected chi connectivity index (χ4v) is 4.60. The summed E-state index contributed by atoms with van der Waals surface area (Å²) in [6, 6.07) is 0.577. The van der Waals surface area contributed by atoms with E-state index in [4.69, 9.17) is 4.74 Å². The van der Waals surface area contributed by atoms with Gasteiger partial charge in [-0.1, -0.05) is 12.8 Å². The smallest absolute Gasteiger partial charge is 0.310 e. The lowest BCUT2D eigenvalue weighted by Gasteiger charge is -2.40. The first-order valence-electron chi connectivity index (χ1n) is 9.60. The van der Waals surface area contributed by atoms with Crippen molar-refractivity contribution in [3.05, 3.63) is 18.2 Å². The Balaban J connectivity index is 1.66. The maximum absolute atomic E-state index is 12.0. The molecule has 140 valence electrons. The molecule has 2 aliphatic rings. The summed E-state index contributed by atoms with van der Waals surface area (Å²) in [5, 5.41) is 9.87. The van der Waals surface area contributed by atoms with Gasteiger partial charge in [0.25, 0.3) is 0 Å². The zero-order chi connectivity index (χ0) is 17.7. The van der Waals surface area contributed by atoms with Crippen LogP contribution in [0.15, 0.2) is 12.5 Å². The highest BCUT2D eigenvalue weighted by atomic mass is 16.5. The Bertz CT molecular complexity index is 568. The number of carbonyl (C=O) groups is 1. The van der Waals surface area contributed by atoms with Gasteiger partial charge in [-0.3, -0.25) is 9.69 Å². The molecule has 0 aromatic carbocycles. The lowest BCUT2D eigenvalue weighted by atomic mass is 9.76. The predicted octanol–water partition coefficient (Wildman–Crippen LogP) is 3.09. The van der Waals surface area contributed by atoms with Gasteiger partial charge in [0.05, 0.1) is 17.4 Å². The molecular formula is C19H31N3O3. The molecule has 1 aliphatic heterocycles. The summed E-state index contributed by atoms with van der Waals surface area (Å²) in [6.45, 7) is 3.02. The third-order valence-electron chi connectivity index (χ3n) is 5.96. The van der Waals surface area contributed by atoms with E-state index in [-0.39, 0.29) is 0 Å². The van der Waals surface area contributed by atoms with Gasteiger partial charge >= 0.3 is 5.97 Å². The normalized spacial score (nSPS) is 25.5. The van der Waals surface area contributed by atoms with Gasteiger partial charge in [-0.25, -0.2) is 4.98 Å². The van der Waals surface area contributed by atoms with Gasteiger partial charge < -0.3 is 14.4 Å². The van der Waals surface area contributed by atoms with Crippen LogP contribution in [0.25, 0.3) is 0 Å². The standard InChI is InChI=1S/C19H31N3O3/c1-25-11-5-9-19(18(23)24)8-4-10-21(14-19)13-17-12-20-15-22(17)16-6-2-3-7-16/h12,15-16H,2-11,13-14H2,1H3,(H,23,24). The van der Waals surface area contributed by atoms with E-state index in [1.165, 1.54) is 31.4 Å². The van der Waals surface area contributed by atoms with Gasteiger partial charge in [0.2, 0.25) is 0 Å². The van der Waals surface area contributed by atoms with Crippen molar-refractivity contribution in [3.8, 4) is 0 Å². The number of piperidine rings is 1. The molecule has 0 radical (unpaired) electrons. The molecule has 0 spiro atoms. The Morgan fingerprint density at radius 2 is 2.20 bits per heavy atom. The summed E-state index contributed by atoms with van der Waals surface area (Å²) in [4.78, 5) is 18.7. The SMILES string of the molecule is COCCCC1(C(=O)O)CCCN(Cc2cncn2C2CCCC2)C1. The second-order valence-electron chi connectivity index (χ2n) is 7.73. The Morgan fingerprint density at radius 1 is 1.40 bits per heavy atom. The Kier molecular flexibility index (Phi) is 6.12. The number of hydrogen-bond acceptors (Lipinski definition) is 4. The second kappa shape index (κ2) is 8.32. The number of nitrogens with zero attached hydrogens (tertiary/aromatic N) is 3. The van der Waals surface area contributed by atoms with Gasteiger partial charge in [-0.15, -0.1) is 0 Å². The van der Waals surface area contributed by atoms with E-state index in [9.17, 15) is 9.90 Å². The van der Waals surface area contributed by atoms with Gasteiger partial charge in [0.1, 0.15) is 0 Å². The first-order valence-corrected chi connectivity index (χ1v) is 9.60. The van der Waals surface area contributed by atoms with Gasteiger partial charge in [-0.2, -0.15) is 0 Å². The van der Waals surface area contributed by atoms with E-state index in [0.717, 1.165) is 32.4 Å². The molecule has 0 amide bonds. The quantitative estimate of drug-likeness (QED) is 0.731. The second-order valence-corrected chi connectivity index (χ2v) is 7.73. The molecular weight excluding hydrogens is 318 g/mol. The van der Waals surface area contributed by atoms with Gasteiger partial charge in [-0.05, 0) is 45.1 Å². The van der Waals surface area contributed by atoms with Crippen LogP contribution in [-0.2, 0) is 16.1 Å². The molecule has 1 aromatic rings. The van der Waals surface area contributed by atoms with Crippen molar-refractivity contribution in [1.29, 1.82) is 0 Å². The molecule has 6 heteroatoms. The number of carboxylic acids is 1. The van der Waals surface area contributed by atoms with Crippen molar-refractivity contribution in [2.24, 2.45) is 5.41 Å². The molecule has 2 heterocycles. The highest BCUT2D eigenvalue weighted by molar-refractivity contribution is 5.75. The minimum absolute atomic E-state index is 0.577. The van der Waals surface area contributed by atoms with Crippen LogP contribution in [0.5, 0.6) is 0 Å². The fourth-order valence-electron chi connectivity index (χ4n) is 4.60. The van der Waals surface area contributed by atoms with Crippen molar-refractivity contribution in [2.75, 3.05) is 26.8 Å². The highest BCUT2D eigenvalue weighted by Crippen LogP contribution is 2.36. The number of ether oxygens (including phenoxy) is 1. The van der Waals surface area contributed by atoms with E-state index >= 15 is 0 Å². The third-order valence-corrected chi connectivity index (χ3v) is 5.96. The van der Waals surface area contributed by atoms with Crippen LogP contribution < -0.4 is 0 Å². The topological polar surface area (TPSA) is 67.6 Å². The van der Waals surface area contributed by atoms with Gasteiger partial charge in [0, 0.05) is 39.0 Å². The van der Waals surface area contributed by atoms with Crippen LogP contribution >= 0.6 is 0 Å². The fraction of sp³-hybridized carbons (Fsp3) is 0.789. The van der Waals surface area contributed by atoms with Crippen LogP contribution in [0.3, 0.4) is 0 Å². The number of carboxylic acid groups (broad SMARTS) is 1. The van der Waals surface area contributed by atoms with Crippen molar-refractivity contribution in [2.45, 2.75) is 64.0 Å². The minimum atomic E-state index is -0.655. The largest absolute Gasteiger partial charge is 0.481 e. The van der Waals surface area contributed by atoms with Gasteiger partial charge in [0.15, 0.2) is 0 Å². The molecule has 1 atom stereocenters. The first kappa shape index (κ1) is 18.4. The molecule has 1 saturated heterocycles. The number of aliphatic carboxylic acids is 1. The number of likely N-dealkylation sites (tertiary alicyclic amines) is 1. The molecule has 0 bridgehead atoms. The summed E-state index contributed by atoms with van der Waals surface area (Å²) >= 11 is 0. The molecule has 2 fully saturated rings. The maximum atomic E-state index is 12.0. The van der Waals surface area contributed by atoms with Crippen LogP contribution in [0, 0.1) is 5.41 Å². The van der Waals surface area contributed by atoms with E-state index in [1.807, 2.05) is 12.5 Å². The zero-order valence-corrected chi connectivity index (χ0v) is 15.3. The molecule has 1 unspecified atom stereocenters. The Morgan fingerprint density at radius 3 is 2.92 bits per heavy atom. The Labute approximate surface area is 150 Å². The van der Waals surface area contributed by atoms with Crippen LogP contribution in [0.2, 0.25) is 0 Å². The molecule has 3 rings (SSSR count). The summed E-state index contributed by atoms with van der Waals surface area (Å²) in [5.41, 5.74) is 0.597. The van der Waals surface area contributed by atoms with Crippen molar-refractivity contribution < 1.29 is 14.6 Å². The average Bonchev–Trinajstić information content (AvgIpc) is 3.26. The summed E-state index contributed by atoms with van der Waals surface area (Å²) in [6.07, 6.45) is 12.2. The van der Waals surface area contributed by atoms with Crippen molar-refractivity contribution >= 4 is 5.97 Å². The van der Waals surface area contributed by atoms with E-state index < -0.39 is 11.4 Å². The summed E-state index contributed by atoms with van der Waals surface area (Å²) in [5.74, 6) is -0.655. The first-order chi connectivity index (χ1) is 12.1. The number of hydrogen-bond donors (Lipinski definition) is 1. The average molecular weight is 349 g/mol. The maximum Gasteiger partial charge on any atom is 0.310 e. The van der Waals surface area contributed by atoms with Crippen LogP contribution in [-0.4, -0.2) is 52.3 Å². The lowest BCUT2D eigenvalue weighted by molar-refractivity contribution is -0.153. The highest BCUT2D eigenvalue weighted by Gasteiger charge is 2.42. The Hall–Kier alpha value is -1.40. The van der Waals surface area contributed by atoms with E-state index in [2.05, 4.69) is 14.5 Å².